The summed E-state index contributed by atoms with van der Waals surface area (Å²) in [6.45, 7) is 0.426. The van der Waals surface area contributed by atoms with Gasteiger partial charge in [0, 0.05) is 5.69 Å². The summed E-state index contributed by atoms with van der Waals surface area (Å²) in [5.74, 6) is -1.02. The number of alkyl halides is 6. The lowest BCUT2D eigenvalue weighted by molar-refractivity contribution is -0.146. The first-order valence-corrected chi connectivity index (χ1v) is 6.96. The minimum Gasteiger partial charge on any atom is -0.462 e. The minimum absolute atomic E-state index is 0.410. The summed E-state index contributed by atoms with van der Waals surface area (Å²) in [6, 6.07) is 3.42. The lowest BCUT2D eigenvalue weighted by atomic mass is 10.1. The summed E-state index contributed by atoms with van der Waals surface area (Å²) in [6.07, 6.45) is -10.3. The highest BCUT2D eigenvalue weighted by Crippen LogP contribution is 2.35. The maximum atomic E-state index is 13.0. The van der Waals surface area contributed by atoms with E-state index in [1.54, 1.807) is 0 Å². The predicted molar refractivity (Wildman–Crippen MR) is 75.7 cm³/mol. The Morgan fingerprint density at radius 2 is 1.84 bits per heavy atom. The van der Waals surface area contributed by atoms with Gasteiger partial charge in [0.15, 0.2) is 0 Å². The van der Waals surface area contributed by atoms with E-state index in [4.69, 9.17) is 10.00 Å². The van der Waals surface area contributed by atoms with Gasteiger partial charge in [-0.2, -0.15) is 31.6 Å². The van der Waals surface area contributed by atoms with E-state index in [0.29, 0.717) is 11.0 Å². The van der Waals surface area contributed by atoms with Crippen LogP contribution in [0.25, 0.3) is 0 Å². The summed E-state index contributed by atoms with van der Waals surface area (Å²) < 4.78 is 81.8. The molecule has 1 aromatic carbocycles. The molecular weight excluding hydrogens is 354 g/mol. The van der Waals surface area contributed by atoms with Gasteiger partial charge in [-0.15, -0.1) is 0 Å². The van der Waals surface area contributed by atoms with Crippen molar-refractivity contribution in [2.75, 3.05) is 18.0 Å². The zero-order chi connectivity index (χ0) is 19.4. The highest BCUT2D eigenvalue weighted by molar-refractivity contribution is 5.76. The molecule has 10 heteroatoms. The molecule has 0 amide bonds. The van der Waals surface area contributed by atoms with Crippen LogP contribution in [0.15, 0.2) is 18.2 Å². The maximum Gasteiger partial charge on any atom is 0.417 e. The van der Waals surface area contributed by atoms with Crippen LogP contribution in [0, 0.1) is 11.3 Å². The first-order valence-electron chi connectivity index (χ1n) is 6.96. The molecule has 1 rings (SSSR count). The van der Waals surface area contributed by atoms with Crippen molar-refractivity contribution in [2.24, 2.45) is 0 Å². The molecule has 0 aliphatic rings. The van der Waals surface area contributed by atoms with Gasteiger partial charge in [0.2, 0.25) is 0 Å². The lowest BCUT2D eigenvalue weighted by Crippen LogP contribution is -2.39. The summed E-state index contributed by atoms with van der Waals surface area (Å²) in [4.78, 5) is 12.0. The molecule has 0 spiro atoms. The number of rotatable bonds is 5. The third kappa shape index (κ3) is 6.52. The highest BCUT2D eigenvalue weighted by Gasteiger charge is 2.36. The van der Waals surface area contributed by atoms with E-state index >= 15 is 0 Å². The molecule has 0 aliphatic heterocycles. The van der Waals surface area contributed by atoms with E-state index in [0.717, 1.165) is 12.1 Å². The Labute approximate surface area is 139 Å². The van der Waals surface area contributed by atoms with Gasteiger partial charge < -0.3 is 9.64 Å². The van der Waals surface area contributed by atoms with Gasteiger partial charge in [0.25, 0.3) is 0 Å². The van der Waals surface area contributed by atoms with E-state index in [-0.39, 0.29) is 0 Å². The average Bonchev–Trinajstić information content (AvgIpc) is 2.42. The van der Waals surface area contributed by atoms with Crippen molar-refractivity contribution >= 4 is 11.7 Å². The third-order valence-electron chi connectivity index (χ3n) is 2.85. The standard InChI is InChI=1S/C15H14F6N2O2/c1-9(2)25-13(24)7-23(8-14(16,17)18)11-4-3-10(6-22)12(5-11)15(19,20)21/h3-5,9H,7-8H2,1-2H3. The number of hydrogen-bond donors (Lipinski definition) is 0. The largest absolute Gasteiger partial charge is 0.462 e. The topological polar surface area (TPSA) is 53.3 Å². The number of esters is 1. The zero-order valence-corrected chi connectivity index (χ0v) is 13.2. The van der Waals surface area contributed by atoms with Crippen LogP contribution in [0.1, 0.15) is 25.0 Å². The Bertz CT molecular complexity index is 661. The number of benzene rings is 1. The molecule has 0 fully saturated rings. The number of ether oxygens (including phenoxy) is 1. The van der Waals surface area contributed by atoms with Gasteiger partial charge in [-0.05, 0) is 32.0 Å². The maximum absolute atomic E-state index is 13.0. The van der Waals surface area contributed by atoms with E-state index < -0.39 is 54.3 Å². The fourth-order valence-electron chi connectivity index (χ4n) is 1.97. The van der Waals surface area contributed by atoms with Crippen LogP contribution in [-0.2, 0) is 15.7 Å². The fraction of sp³-hybridized carbons (Fsp3) is 0.467. The van der Waals surface area contributed by atoms with Crippen LogP contribution in [0.2, 0.25) is 0 Å². The van der Waals surface area contributed by atoms with Crippen molar-refractivity contribution in [1.82, 2.24) is 0 Å². The van der Waals surface area contributed by atoms with Gasteiger partial charge in [-0.25, -0.2) is 0 Å². The number of carbonyl (C=O) groups is 1. The van der Waals surface area contributed by atoms with E-state index in [2.05, 4.69) is 0 Å². The van der Waals surface area contributed by atoms with Crippen molar-refractivity contribution in [3.63, 3.8) is 0 Å². The molecule has 0 N–H and O–H groups in total. The van der Waals surface area contributed by atoms with E-state index in [1.165, 1.54) is 19.9 Å². The van der Waals surface area contributed by atoms with Crippen LogP contribution >= 0.6 is 0 Å². The normalized spacial score (nSPS) is 12.0. The average molecular weight is 368 g/mol. The molecule has 0 saturated heterocycles. The molecule has 0 radical (unpaired) electrons. The molecule has 4 nitrogen and oxygen atoms in total. The van der Waals surface area contributed by atoms with Crippen LogP contribution in [0.4, 0.5) is 32.0 Å². The molecule has 0 atom stereocenters. The van der Waals surface area contributed by atoms with Crippen molar-refractivity contribution in [3.05, 3.63) is 29.3 Å². The van der Waals surface area contributed by atoms with Gasteiger partial charge in [-0.3, -0.25) is 4.79 Å². The van der Waals surface area contributed by atoms with Crippen molar-refractivity contribution < 1.29 is 35.9 Å². The Hall–Kier alpha value is -2.44. The van der Waals surface area contributed by atoms with E-state index in [1.807, 2.05) is 0 Å². The second-order valence-corrected chi connectivity index (χ2v) is 5.35. The molecule has 0 saturated carbocycles. The molecule has 0 heterocycles. The van der Waals surface area contributed by atoms with Crippen molar-refractivity contribution in [3.8, 4) is 6.07 Å². The molecule has 25 heavy (non-hydrogen) atoms. The second-order valence-electron chi connectivity index (χ2n) is 5.35. The number of anilines is 1. The Kier molecular flexibility index (Phi) is 6.29. The van der Waals surface area contributed by atoms with Gasteiger partial charge in [-0.1, -0.05) is 0 Å². The second kappa shape index (κ2) is 7.63. The SMILES string of the molecule is CC(C)OC(=O)CN(CC(F)(F)F)c1ccc(C#N)c(C(F)(F)F)c1. The smallest absolute Gasteiger partial charge is 0.417 e. The van der Waals surface area contributed by atoms with Crippen LogP contribution in [0.3, 0.4) is 0 Å². The molecule has 0 aliphatic carbocycles. The van der Waals surface area contributed by atoms with Crippen LogP contribution in [-0.4, -0.2) is 31.3 Å². The molecular formula is C15H14F6N2O2. The number of hydrogen-bond acceptors (Lipinski definition) is 4. The molecule has 0 bridgehead atoms. The number of halogens is 6. The monoisotopic (exact) mass is 368 g/mol. The number of carbonyl (C=O) groups excluding carboxylic acids is 1. The summed E-state index contributed by atoms with van der Waals surface area (Å²) in [5.41, 5.74) is -2.60. The fourth-order valence-corrected chi connectivity index (χ4v) is 1.97. The van der Waals surface area contributed by atoms with Gasteiger partial charge in [0.1, 0.15) is 13.1 Å². The highest BCUT2D eigenvalue weighted by atomic mass is 19.4. The first kappa shape index (κ1) is 20.6. The molecule has 138 valence electrons. The first-order chi connectivity index (χ1) is 11.3. The lowest BCUT2D eigenvalue weighted by Gasteiger charge is -2.26. The van der Waals surface area contributed by atoms with Crippen LogP contribution in [0.5, 0.6) is 0 Å². The van der Waals surface area contributed by atoms with Gasteiger partial charge in [0.05, 0.1) is 23.3 Å². The zero-order valence-electron chi connectivity index (χ0n) is 13.2. The predicted octanol–water partition coefficient (Wildman–Crippen LogP) is 3.90. The Morgan fingerprint density at radius 3 is 2.28 bits per heavy atom. The summed E-state index contributed by atoms with van der Waals surface area (Å²) in [7, 11) is 0. The molecule has 0 aromatic heterocycles. The third-order valence-corrected chi connectivity index (χ3v) is 2.85. The summed E-state index contributed by atoms with van der Waals surface area (Å²) >= 11 is 0. The molecule has 0 unspecified atom stereocenters. The summed E-state index contributed by atoms with van der Waals surface area (Å²) in [5, 5.41) is 8.72. The Morgan fingerprint density at radius 1 is 1.24 bits per heavy atom. The van der Waals surface area contributed by atoms with Crippen molar-refractivity contribution in [1.29, 1.82) is 5.26 Å². The number of nitriles is 1. The van der Waals surface area contributed by atoms with Crippen LogP contribution < -0.4 is 4.90 Å². The Balaban J connectivity index is 3.26. The quantitative estimate of drug-likeness (QED) is 0.584. The minimum atomic E-state index is -4.93. The van der Waals surface area contributed by atoms with Gasteiger partial charge >= 0.3 is 18.3 Å². The number of nitrogens with zero attached hydrogens (tertiary/aromatic N) is 2. The van der Waals surface area contributed by atoms with E-state index in [9.17, 15) is 31.1 Å². The molecule has 1 aromatic rings. The van der Waals surface area contributed by atoms with Crippen molar-refractivity contribution in [2.45, 2.75) is 32.3 Å².